The minimum absolute atomic E-state index is 0.123. The van der Waals surface area contributed by atoms with Gasteiger partial charge in [0.05, 0.1) is 17.2 Å². The molecule has 6 nitrogen and oxygen atoms in total. The third-order valence-electron chi connectivity index (χ3n) is 5.63. The van der Waals surface area contributed by atoms with Crippen molar-refractivity contribution in [3.63, 3.8) is 0 Å². The molecule has 0 radical (unpaired) electrons. The predicted octanol–water partition coefficient (Wildman–Crippen LogP) is 2.54. The van der Waals surface area contributed by atoms with Crippen molar-refractivity contribution in [1.29, 1.82) is 0 Å². The molecule has 0 atom stereocenters. The zero-order chi connectivity index (χ0) is 21.1. The highest BCUT2D eigenvalue weighted by atomic mass is 19.1. The maximum Gasteiger partial charge on any atom is 0.261 e. The Balaban J connectivity index is 1.50. The van der Waals surface area contributed by atoms with Crippen LogP contribution in [0.5, 0.6) is 0 Å². The van der Waals surface area contributed by atoms with Gasteiger partial charge in [-0.1, -0.05) is 12.1 Å². The van der Waals surface area contributed by atoms with E-state index < -0.39 is 11.4 Å². The van der Waals surface area contributed by atoms with E-state index in [1.54, 1.807) is 12.1 Å². The number of fused-ring (bicyclic) bond motifs is 1. The fourth-order valence-electron chi connectivity index (χ4n) is 3.86. The summed E-state index contributed by atoms with van der Waals surface area (Å²) in [7, 11) is 0. The Kier molecular flexibility index (Phi) is 5.59. The fourth-order valence-corrected chi connectivity index (χ4v) is 3.86. The number of benzene rings is 2. The summed E-state index contributed by atoms with van der Waals surface area (Å²) in [5, 5.41) is 3.01. The number of hydrogen-bond donors (Lipinski definition) is 1. The third-order valence-corrected chi connectivity index (χ3v) is 5.63. The molecule has 0 bridgehead atoms. The summed E-state index contributed by atoms with van der Waals surface area (Å²) < 4.78 is 33.5. The molecule has 2 aromatic carbocycles. The molecule has 0 spiro atoms. The average Bonchev–Trinajstić information content (AvgIpc) is 2.76. The summed E-state index contributed by atoms with van der Waals surface area (Å²) >= 11 is 0. The van der Waals surface area contributed by atoms with Gasteiger partial charge < -0.3 is 10.1 Å². The van der Waals surface area contributed by atoms with Gasteiger partial charge in [0.1, 0.15) is 18.2 Å². The van der Waals surface area contributed by atoms with Crippen molar-refractivity contribution in [2.24, 2.45) is 0 Å². The van der Waals surface area contributed by atoms with Crippen LogP contribution in [0, 0.1) is 11.6 Å². The predicted molar refractivity (Wildman–Crippen MR) is 107 cm³/mol. The van der Waals surface area contributed by atoms with Crippen LogP contribution in [0.3, 0.4) is 0 Å². The van der Waals surface area contributed by atoms with Crippen LogP contribution in [0.1, 0.15) is 18.4 Å². The van der Waals surface area contributed by atoms with Gasteiger partial charge in [-0.3, -0.25) is 14.2 Å². The highest BCUT2D eigenvalue weighted by Gasteiger charge is 2.34. The van der Waals surface area contributed by atoms with Crippen LogP contribution in [0.4, 0.5) is 8.78 Å². The molecule has 156 valence electrons. The van der Waals surface area contributed by atoms with E-state index in [1.165, 1.54) is 30.6 Å². The summed E-state index contributed by atoms with van der Waals surface area (Å²) in [6.07, 6.45) is 2.66. The fraction of sp³-hybridized carbons (Fsp3) is 0.318. The Labute approximate surface area is 171 Å². The molecular weight excluding hydrogens is 392 g/mol. The smallest absolute Gasteiger partial charge is 0.261 e. The lowest BCUT2D eigenvalue weighted by Crippen LogP contribution is -2.45. The lowest BCUT2D eigenvalue weighted by atomic mass is 9.74. The molecule has 1 aliphatic rings. The standard InChI is InChI=1S/C22H21F2N3O3/c23-16-3-1-15(2-4-16)22(7-9-30-10-8-22)13-25-20(28)12-27-14-26-19-6-5-17(24)11-18(19)21(27)29/h1-6,11,14H,7-10,12-13H2,(H,25,28). The van der Waals surface area contributed by atoms with Gasteiger partial charge in [-0.2, -0.15) is 0 Å². The summed E-state index contributed by atoms with van der Waals surface area (Å²) in [4.78, 5) is 29.3. The van der Waals surface area contributed by atoms with Gasteiger partial charge in [-0.05, 0) is 48.7 Å². The van der Waals surface area contributed by atoms with Crippen molar-refractivity contribution < 1.29 is 18.3 Å². The molecule has 30 heavy (non-hydrogen) atoms. The van der Waals surface area contributed by atoms with Crippen molar-refractivity contribution in [3.8, 4) is 0 Å². The first-order chi connectivity index (χ1) is 14.5. The van der Waals surface area contributed by atoms with E-state index >= 15 is 0 Å². The number of aromatic nitrogens is 2. The Morgan fingerprint density at radius 3 is 2.53 bits per heavy atom. The first kappa shape index (κ1) is 20.2. The monoisotopic (exact) mass is 413 g/mol. The van der Waals surface area contributed by atoms with Gasteiger partial charge in [-0.25, -0.2) is 13.8 Å². The van der Waals surface area contributed by atoms with E-state index in [0.717, 1.165) is 16.2 Å². The lowest BCUT2D eigenvalue weighted by molar-refractivity contribution is -0.122. The quantitative estimate of drug-likeness (QED) is 0.698. The topological polar surface area (TPSA) is 73.2 Å². The second-order valence-corrected chi connectivity index (χ2v) is 7.52. The Hall–Kier alpha value is -3.13. The molecule has 8 heteroatoms. The van der Waals surface area contributed by atoms with E-state index in [2.05, 4.69) is 10.3 Å². The first-order valence-corrected chi connectivity index (χ1v) is 9.72. The number of ether oxygens (including phenoxy) is 1. The van der Waals surface area contributed by atoms with Gasteiger partial charge >= 0.3 is 0 Å². The van der Waals surface area contributed by atoms with Gasteiger partial charge in [0, 0.05) is 25.2 Å². The molecule has 3 aromatic rings. The highest BCUT2D eigenvalue weighted by molar-refractivity contribution is 5.79. The average molecular weight is 413 g/mol. The molecule has 4 rings (SSSR count). The van der Waals surface area contributed by atoms with Gasteiger partial charge in [0.2, 0.25) is 5.91 Å². The summed E-state index contributed by atoms with van der Waals surface area (Å²) in [5.41, 5.74) is 0.467. The maximum atomic E-state index is 13.5. The van der Waals surface area contributed by atoms with Crippen molar-refractivity contribution >= 4 is 16.8 Å². The molecule has 0 aliphatic carbocycles. The molecule has 1 aliphatic heterocycles. The van der Waals surface area contributed by atoms with E-state index in [0.29, 0.717) is 38.1 Å². The minimum Gasteiger partial charge on any atom is -0.381 e. The Morgan fingerprint density at radius 2 is 1.80 bits per heavy atom. The molecule has 1 amide bonds. The summed E-state index contributed by atoms with van der Waals surface area (Å²) in [6, 6.07) is 10.1. The van der Waals surface area contributed by atoms with E-state index in [9.17, 15) is 18.4 Å². The van der Waals surface area contributed by atoms with Gasteiger partial charge in [0.25, 0.3) is 5.56 Å². The number of nitrogens with one attached hydrogen (secondary N) is 1. The number of nitrogens with zero attached hydrogens (tertiary/aromatic N) is 2. The third kappa shape index (κ3) is 4.09. The van der Waals surface area contributed by atoms with Crippen LogP contribution in [0.25, 0.3) is 10.9 Å². The molecule has 1 fully saturated rings. The molecule has 1 saturated heterocycles. The minimum atomic E-state index is -0.538. The maximum absolute atomic E-state index is 13.5. The van der Waals surface area contributed by atoms with Crippen molar-refractivity contribution in [2.75, 3.05) is 19.8 Å². The highest BCUT2D eigenvalue weighted by Crippen LogP contribution is 2.34. The van der Waals surface area contributed by atoms with E-state index in [-0.39, 0.29) is 29.1 Å². The summed E-state index contributed by atoms with van der Waals surface area (Å²) in [6.45, 7) is 1.21. The van der Waals surface area contributed by atoms with Crippen molar-refractivity contribution in [2.45, 2.75) is 24.8 Å². The SMILES string of the molecule is O=C(Cn1cnc2ccc(F)cc2c1=O)NCC1(c2ccc(F)cc2)CCOCC1. The van der Waals surface area contributed by atoms with Crippen LogP contribution in [-0.4, -0.2) is 35.2 Å². The van der Waals surface area contributed by atoms with Crippen LogP contribution >= 0.6 is 0 Å². The van der Waals surface area contributed by atoms with Crippen molar-refractivity contribution in [3.05, 3.63) is 76.3 Å². The molecule has 1 aromatic heterocycles. The number of hydrogen-bond acceptors (Lipinski definition) is 4. The molecule has 0 saturated carbocycles. The van der Waals surface area contributed by atoms with Crippen LogP contribution in [0.2, 0.25) is 0 Å². The first-order valence-electron chi connectivity index (χ1n) is 9.72. The molecule has 0 unspecified atom stereocenters. The van der Waals surface area contributed by atoms with Gasteiger partial charge in [-0.15, -0.1) is 0 Å². The van der Waals surface area contributed by atoms with Crippen LogP contribution in [-0.2, 0) is 21.5 Å². The summed E-state index contributed by atoms with van der Waals surface area (Å²) in [5.74, 6) is -1.21. The second-order valence-electron chi connectivity index (χ2n) is 7.52. The van der Waals surface area contributed by atoms with E-state index in [1.807, 2.05) is 0 Å². The number of amides is 1. The van der Waals surface area contributed by atoms with Crippen LogP contribution in [0.15, 0.2) is 53.6 Å². The number of rotatable bonds is 5. The zero-order valence-corrected chi connectivity index (χ0v) is 16.2. The Morgan fingerprint density at radius 1 is 1.10 bits per heavy atom. The number of carbonyl (C=O) groups is 1. The van der Waals surface area contributed by atoms with Gasteiger partial charge in [0.15, 0.2) is 0 Å². The normalized spacial score (nSPS) is 15.8. The van der Waals surface area contributed by atoms with E-state index in [4.69, 9.17) is 4.74 Å². The molecular formula is C22H21F2N3O3. The molecule has 1 N–H and O–H groups in total. The molecule has 2 heterocycles. The van der Waals surface area contributed by atoms with Crippen molar-refractivity contribution in [1.82, 2.24) is 14.9 Å². The number of carbonyl (C=O) groups excluding carboxylic acids is 1. The largest absolute Gasteiger partial charge is 0.381 e. The lowest BCUT2D eigenvalue weighted by Gasteiger charge is -2.38. The zero-order valence-electron chi connectivity index (χ0n) is 16.2. The number of halogens is 2. The van der Waals surface area contributed by atoms with Crippen LogP contribution < -0.4 is 10.9 Å². The second kappa shape index (κ2) is 8.31. The Bertz CT molecular complexity index is 1120.